The van der Waals surface area contributed by atoms with E-state index in [-0.39, 0.29) is 0 Å². The summed E-state index contributed by atoms with van der Waals surface area (Å²) in [6, 6.07) is 4.52. The van der Waals surface area contributed by atoms with Gasteiger partial charge in [0.2, 0.25) is 0 Å². The summed E-state index contributed by atoms with van der Waals surface area (Å²) in [5.74, 6) is 2.20. The summed E-state index contributed by atoms with van der Waals surface area (Å²) in [5.41, 5.74) is 4.06. The summed E-state index contributed by atoms with van der Waals surface area (Å²) in [7, 11) is 3.56. The molecule has 0 spiro atoms. The van der Waals surface area contributed by atoms with E-state index in [1.165, 1.54) is 29.7 Å². The Kier molecular flexibility index (Phi) is 5.65. The first kappa shape index (κ1) is 16.3. The molecule has 1 aliphatic heterocycles. The monoisotopic (exact) mass is 291 g/mol. The fraction of sp³-hybridized carbons (Fsp3) is 0.667. The van der Waals surface area contributed by atoms with Gasteiger partial charge in [-0.15, -0.1) is 0 Å². The van der Waals surface area contributed by atoms with Gasteiger partial charge in [0.05, 0.1) is 13.7 Å². The van der Waals surface area contributed by atoms with Crippen LogP contribution in [0.2, 0.25) is 0 Å². The fourth-order valence-electron chi connectivity index (χ4n) is 3.21. The molecule has 0 N–H and O–H groups in total. The van der Waals surface area contributed by atoms with Crippen LogP contribution in [0.15, 0.2) is 12.1 Å². The molecule has 1 aromatic rings. The maximum Gasteiger partial charge on any atom is 0.122 e. The van der Waals surface area contributed by atoms with Gasteiger partial charge < -0.3 is 9.47 Å². The number of ether oxygens (including phenoxy) is 2. The van der Waals surface area contributed by atoms with Crippen LogP contribution in [-0.2, 0) is 11.3 Å². The second-order valence-corrected chi connectivity index (χ2v) is 6.52. The van der Waals surface area contributed by atoms with Crippen LogP contribution in [0.3, 0.4) is 0 Å². The van der Waals surface area contributed by atoms with Crippen LogP contribution in [0, 0.1) is 12.8 Å². The van der Waals surface area contributed by atoms with Crippen molar-refractivity contribution in [2.24, 2.45) is 5.92 Å². The van der Waals surface area contributed by atoms with Crippen molar-refractivity contribution in [3.8, 4) is 5.75 Å². The number of rotatable bonds is 6. The SMILES string of the molecule is COC[C@H]1CCN(Cc2cc(C(C)C)c(OC)cc2C)C1. The Morgan fingerprint density at radius 3 is 2.67 bits per heavy atom. The van der Waals surface area contributed by atoms with Gasteiger partial charge in [-0.25, -0.2) is 0 Å². The van der Waals surface area contributed by atoms with Gasteiger partial charge in [-0.3, -0.25) is 4.90 Å². The molecule has 1 atom stereocenters. The molecule has 0 amide bonds. The smallest absolute Gasteiger partial charge is 0.122 e. The van der Waals surface area contributed by atoms with E-state index in [0.717, 1.165) is 25.4 Å². The largest absolute Gasteiger partial charge is 0.496 e. The molecule has 0 bridgehead atoms. The lowest BCUT2D eigenvalue weighted by atomic mass is 9.96. The normalized spacial score (nSPS) is 19.4. The molecule has 1 fully saturated rings. The highest BCUT2D eigenvalue weighted by Gasteiger charge is 2.23. The van der Waals surface area contributed by atoms with Crippen LogP contribution in [0.5, 0.6) is 5.75 Å². The summed E-state index contributed by atoms with van der Waals surface area (Å²) >= 11 is 0. The van der Waals surface area contributed by atoms with Gasteiger partial charge in [0, 0.05) is 20.2 Å². The minimum Gasteiger partial charge on any atom is -0.496 e. The highest BCUT2D eigenvalue weighted by atomic mass is 16.5. The van der Waals surface area contributed by atoms with E-state index < -0.39 is 0 Å². The molecule has 3 nitrogen and oxygen atoms in total. The maximum atomic E-state index is 5.53. The van der Waals surface area contributed by atoms with Gasteiger partial charge in [0.1, 0.15) is 5.75 Å². The summed E-state index contributed by atoms with van der Waals surface area (Å²) in [5, 5.41) is 0. The van der Waals surface area contributed by atoms with Gasteiger partial charge in [-0.1, -0.05) is 19.9 Å². The van der Waals surface area contributed by atoms with Crippen LogP contribution in [-0.4, -0.2) is 38.8 Å². The molecular weight excluding hydrogens is 262 g/mol. The number of methoxy groups -OCH3 is 2. The molecule has 0 aliphatic carbocycles. The van der Waals surface area contributed by atoms with Gasteiger partial charge in [-0.05, 0) is 54.5 Å². The van der Waals surface area contributed by atoms with Crippen molar-refractivity contribution in [3.63, 3.8) is 0 Å². The molecule has 21 heavy (non-hydrogen) atoms. The number of aryl methyl sites for hydroxylation is 1. The summed E-state index contributed by atoms with van der Waals surface area (Å²) in [4.78, 5) is 2.54. The van der Waals surface area contributed by atoms with Gasteiger partial charge >= 0.3 is 0 Å². The van der Waals surface area contributed by atoms with Crippen LogP contribution in [0.25, 0.3) is 0 Å². The second-order valence-electron chi connectivity index (χ2n) is 6.52. The third-order valence-corrected chi connectivity index (χ3v) is 4.48. The van der Waals surface area contributed by atoms with Crippen LogP contribution in [0.4, 0.5) is 0 Å². The zero-order valence-electron chi connectivity index (χ0n) is 14.1. The lowest BCUT2D eigenvalue weighted by Crippen LogP contribution is -2.22. The Labute approximate surface area is 129 Å². The Balaban J connectivity index is 2.11. The molecular formula is C18H29NO2. The third kappa shape index (κ3) is 3.98. The Bertz CT molecular complexity index is 471. The molecule has 0 unspecified atom stereocenters. The van der Waals surface area contributed by atoms with E-state index in [2.05, 4.69) is 37.8 Å². The highest BCUT2D eigenvalue weighted by Crippen LogP contribution is 2.31. The summed E-state index contributed by atoms with van der Waals surface area (Å²) in [6.07, 6.45) is 1.25. The molecule has 1 saturated heterocycles. The van der Waals surface area contributed by atoms with Crippen molar-refractivity contribution in [2.45, 2.75) is 39.7 Å². The average molecular weight is 291 g/mol. The zero-order valence-corrected chi connectivity index (χ0v) is 14.1. The van der Waals surface area contributed by atoms with Crippen molar-refractivity contribution in [2.75, 3.05) is 33.9 Å². The highest BCUT2D eigenvalue weighted by molar-refractivity contribution is 5.43. The first-order chi connectivity index (χ1) is 10.0. The molecule has 0 aromatic heterocycles. The Hall–Kier alpha value is -1.06. The molecule has 1 aromatic carbocycles. The quantitative estimate of drug-likeness (QED) is 0.799. The average Bonchev–Trinajstić information content (AvgIpc) is 2.88. The van der Waals surface area contributed by atoms with E-state index in [4.69, 9.17) is 9.47 Å². The molecule has 1 heterocycles. The van der Waals surface area contributed by atoms with Crippen LogP contribution < -0.4 is 4.74 Å². The number of hydrogen-bond donors (Lipinski definition) is 0. The predicted molar refractivity (Wildman–Crippen MR) is 87.1 cm³/mol. The van der Waals surface area contributed by atoms with Crippen molar-refractivity contribution in [3.05, 3.63) is 28.8 Å². The molecule has 1 aliphatic rings. The van der Waals surface area contributed by atoms with Gasteiger partial charge in [0.25, 0.3) is 0 Å². The minimum absolute atomic E-state index is 0.485. The fourth-order valence-corrected chi connectivity index (χ4v) is 3.21. The van der Waals surface area contributed by atoms with E-state index in [1.54, 1.807) is 14.2 Å². The van der Waals surface area contributed by atoms with E-state index in [9.17, 15) is 0 Å². The number of hydrogen-bond acceptors (Lipinski definition) is 3. The first-order valence-corrected chi connectivity index (χ1v) is 7.93. The minimum atomic E-state index is 0.485. The van der Waals surface area contributed by atoms with Crippen molar-refractivity contribution >= 4 is 0 Å². The molecule has 0 radical (unpaired) electrons. The standard InChI is InChI=1S/C18H29NO2/c1-13(2)17-9-16(14(3)8-18(17)21-5)11-19-7-6-15(10-19)12-20-4/h8-9,13,15H,6-7,10-12H2,1-5H3/t15-/m0/s1. The number of nitrogens with zero attached hydrogens (tertiary/aromatic N) is 1. The van der Waals surface area contributed by atoms with Crippen LogP contribution >= 0.6 is 0 Å². The Morgan fingerprint density at radius 1 is 1.29 bits per heavy atom. The van der Waals surface area contributed by atoms with E-state index in [1.807, 2.05) is 0 Å². The predicted octanol–water partition coefficient (Wildman–Crippen LogP) is 3.60. The third-order valence-electron chi connectivity index (χ3n) is 4.48. The zero-order chi connectivity index (χ0) is 15.4. The molecule has 2 rings (SSSR count). The van der Waals surface area contributed by atoms with Crippen LogP contribution in [0.1, 0.15) is 42.9 Å². The summed E-state index contributed by atoms with van der Waals surface area (Å²) < 4.78 is 10.8. The lowest BCUT2D eigenvalue weighted by molar-refractivity contribution is 0.152. The lowest BCUT2D eigenvalue weighted by Gasteiger charge is -2.20. The summed E-state index contributed by atoms with van der Waals surface area (Å²) in [6.45, 7) is 10.9. The van der Waals surface area contributed by atoms with E-state index in [0.29, 0.717) is 11.8 Å². The van der Waals surface area contributed by atoms with E-state index >= 15 is 0 Å². The first-order valence-electron chi connectivity index (χ1n) is 7.93. The van der Waals surface area contributed by atoms with Gasteiger partial charge in [0.15, 0.2) is 0 Å². The van der Waals surface area contributed by atoms with Crippen molar-refractivity contribution in [1.29, 1.82) is 0 Å². The van der Waals surface area contributed by atoms with Gasteiger partial charge in [-0.2, -0.15) is 0 Å². The molecule has 0 saturated carbocycles. The van der Waals surface area contributed by atoms with Crippen molar-refractivity contribution in [1.82, 2.24) is 4.90 Å². The maximum absolute atomic E-state index is 5.53. The molecule has 118 valence electrons. The second kappa shape index (κ2) is 7.28. The topological polar surface area (TPSA) is 21.7 Å². The molecule has 3 heteroatoms. The Morgan fingerprint density at radius 2 is 2.05 bits per heavy atom. The van der Waals surface area contributed by atoms with Crippen molar-refractivity contribution < 1.29 is 9.47 Å². The number of benzene rings is 1. The number of likely N-dealkylation sites (tertiary alicyclic amines) is 1.